The van der Waals surface area contributed by atoms with Crippen molar-refractivity contribution in [2.75, 3.05) is 11.9 Å². The van der Waals surface area contributed by atoms with Crippen molar-refractivity contribution in [3.63, 3.8) is 0 Å². The standard InChI is InChI=1S/C14H14N2/c1-2-15-10-7-8-12-11-5-3-4-6-13(11)16-14(12)9-10/h3-9,15-16H,2H2,1H3. The molecule has 0 saturated carbocycles. The maximum Gasteiger partial charge on any atom is 0.0485 e. The maximum absolute atomic E-state index is 3.44. The van der Waals surface area contributed by atoms with Gasteiger partial charge in [0.05, 0.1) is 0 Å². The van der Waals surface area contributed by atoms with Crippen LogP contribution in [0.15, 0.2) is 42.5 Å². The summed E-state index contributed by atoms with van der Waals surface area (Å²) in [5, 5.41) is 5.91. The summed E-state index contributed by atoms with van der Waals surface area (Å²) in [6.07, 6.45) is 0. The Morgan fingerprint density at radius 3 is 2.69 bits per heavy atom. The van der Waals surface area contributed by atoms with Gasteiger partial charge < -0.3 is 10.3 Å². The summed E-state index contributed by atoms with van der Waals surface area (Å²) in [7, 11) is 0. The van der Waals surface area contributed by atoms with Crippen LogP contribution in [-0.2, 0) is 0 Å². The molecule has 0 unspecified atom stereocenters. The van der Waals surface area contributed by atoms with Crippen molar-refractivity contribution in [2.45, 2.75) is 6.92 Å². The fourth-order valence-corrected chi connectivity index (χ4v) is 2.17. The van der Waals surface area contributed by atoms with Crippen LogP contribution in [0.5, 0.6) is 0 Å². The second-order valence-corrected chi connectivity index (χ2v) is 3.96. The minimum absolute atomic E-state index is 0.950. The molecule has 0 spiro atoms. The zero-order valence-corrected chi connectivity index (χ0v) is 9.25. The van der Waals surface area contributed by atoms with Gasteiger partial charge in [0.25, 0.3) is 0 Å². The summed E-state index contributed by atoms with van der Waals surface area (Å²) in [5.74, 6) is 0. The molecule has 3 rings (SSSR count). The van der Waals surface area contributed by atoms with E-state index in [0.717, 1.165) is 6.54 Å². The molecule has 0 radical (unpaired) electrons. The highest BCUT2D eigenvalue weighted by atomic mass is 14.9. The molecule has 2 nitrogen and oxygen atoms in total. The van der Waals surface area contributed by atoms with Gasteiger partial charge in [0.15, 0.2) is 0 Å². The predicted molar refractivity (Wildman–Crippen MR) is 70.0 cm³/mol. The quantitative estimate of drug-likeness (QED) is 0.662. The molecule has 16 heavy (non-hydrogen) atoms. The zero-order chi connectivity index (χ0) is 11.0. The fourth-order valence-electron chi connectivity index (χ4n) is 2.17. The average Bonchev–Trinajstić information content (AvgIpc) is 2.67. The van der Waals surface area contributed by atoms with Crippen molar-refractivity contribution in [1.82, 2.24) is 4.98 Å². The molecule has 0 amide bonds. The Bertz CT molecular complexity index is 637. The maximum atomic E-state index is 3.44. The molecule has 0 fully saturated rings. The summed E-state index contributed by atoms with van der Waals surface area (Å²) < 4.78 is 0. The zero-order valence-electron chi connectivity index (χ0n) is 9.25. The van der Waals surface area contributed by atoms with Crippen LogP contribution in [0.3, 0.4) is 0 Å². The Morgan fingerprint density at radius 2 is 1.81 bits per heavy atom. The Morgan fingerprint density at radius 1 is 1.00 bits per heavy atom. The molecule has 1 heterocycles. The third kappa shape index (κ3) is 1.34. The highest BCUT2D eigenvalue weighted by molar-refractivity contribution is 6.07. The van der Waals surface area contributed by atoms with Crippen LogP contribution in [0.1, 0.15) is 6.92 Å². The van der Waals surface area contributed by atoms with E-state index in [0.29, 0.717) is 0 Å². The SMILES string of the molecule is CCNc1ccc2c(c1)[nH]c1ccccc12. The van der Waals surface area contributed by atoms with E-state index in [4.69, 9.17) is 0 Å². The van der Waals surface area contributed by atoms with Crippen molar-refractivity contribution < 1.29 is 0 Å². The van der Waals surface area contributed by atoms with Crippen LogP contribution in [0.4, 0.5) is 5.69 Å². The van der Waals surface area contributed by atoms with Crippen molar-refractivity contribution in [3.05, 3.63) is 42.5 Å². The molecule has 0 aliphatic carbocycles. The third-order valence-corrected chi connectivity index (χ3v) is 2.89. The summed E-state index contributed by atoms with van der Waals surface area (Å²) in [6, 6.07) is 14.9. The number of fused-ring (bicyclic) bond motifs is 3. The van der Waals surface area contributed by atoms with Gasteiger partial charge in [-0.15, -0.1) is 0 Å². The predicted octanol–water partition coefficient (Wildman–Crippen LogP) is 3.75. The van der Waals surface area contributed by atoms with Gasteiger partial charge in [0, 0.05) is 34.0 Å². The molecule has 2 N–H and O–H groups in total. The summed E-state index contributed by atoms with van der Waals surface area (Å²) in [5.41, 5.74) is 3.56. The minimum Gasteiger partial charge on any atom is -0.385 e. The summed E-state index contributed by atoms with van der Waals surface area (Å²) in [4.78, 5) is 3.44. The molecule has 0 bridgehead atoms. The molecule has 80 valence electrons. The number of aromatic amines is 1. The van der Waals surface area contributed by atoms with Gasteiger partial charge in [-0.25, -0.2) is 0 Å². The van der Waals surface area contributed by atoms with Gasteiger partial charge in [-0.2, -0.15) is 0 Å². The van der Waals surface area contributed by atoms with E-state index in [2.05, 4.69) is 59.7 Å². The molecular weight excluding hydrogens is 196 g/mol. The molecule has 0 aliphatic heterocycles. The van der Waals surface area contributed by atoms with Gasteiger partial charge in [-0.05, 0) is 25.1 Å². The van der Waals surface area contributed by atoms with Crippen molar-refractivity contribution in [3.8, 4) is 0 Å². The number of benzene rings is 2. The highest BCUT2D eigenvalue weighted by Crippen LogP contribution is 2.27. The molecule has 3 aromatic rings. The fraction of sp³-hybridized carbons (Fsp3) is 0.143. The Hall–Kier alpha value is -1.96. The second-order valence-electron chi connectivity index (χ2n) is 3.96. The van der Waals surface area contributed by atoms with E-state index < -0.39 is 0 Å². The van der Waals surface area contributed by atoms with E-state index >= 15 is 0 Å². The molecule has 0 aliphatic rings. The van der Waals surface area contributed by atoms with E-state index in [9.17, 15) is 0 Å². The van der Waals surface area contributed by atoms with Gasteiger partial charge in [-0.1, -0.05) is 24.3 Å². The van der Waals surface area contributed by atoms with Crippen LogP contribution in [0, 0.1) is 0 Å². The first-order chi connectivity index (χ1) is 7.88. The first-order valence-electron chi connectivity index (χ1n) is 5.63. The number of H-pyrrole nitrogens is 1. The second kappa shape index (κ2) is 3.56. The first-order valence-corrected chi connectivity index (χ1v) is 5.63. The minimum atomic E-state index is 0.950. The van der Waals surface area contributed by atoms with Crippen LogP contribution in [-0.4, -0.2) is 11.5 Å². The number of hydrogen-bond donors (Lipinski definition) is 2. The van der Waals surface area contributed by atoms with Crippen LogP contribution >= 0.6 is 0 Å². The van der Waals surface area contributed by atoms with Gasteiger partial charge in [0.1, 0.15) is 0 Å². The topological polar surface area (TPSA) is 27.8 Å². The Balaban J connectivity index is 2.28. The van der Waals surface area contributed by atoms with Crippen LogP contribution < -0.4 is 5.32 Å². The number of rotatable bonds is 2. The molecular formula is C14H14N2. The largest absolute Gasteiger partial charge is 0.385 e. The molecule has 1 aromatic heterocycles. The van der Waals surface area contributed by atoms with E-state index in [1.807, 2.05) is 0 Å². The number of hydrogen-bond acceptors (Lipinski definition) is 1. The van der Waals surface area contributed by atoms with Gasteiger partial charge in [-0.3, -0.25) is 0 Å². The van der Waals surface area contributed by atoms with Crippen molar-refractivity contribution in [1.29, 1.82) is 0 Å². The van der Waals surface area contributed by atoms with E-state index in [1.54, 1.807) is 0 Å². The van der Waals surface area contributed by atoms with Crippen molar-refractivity contribution in [2.24, 2.45) is 0 Å². The lowest BCUT2D eigenvalue weighted by Gasteiger charge is -2.01. The lowest BCUT2D eigenvalue weighted by molar-refractivity contribution is 1.21. The highest BCUT2D eigenvalue weighted by Gasteiger charge is 2.03. The summed E-state index contributed by atoms with van der Waals surface area (Å²) in [6.45, 7) is 3.06. The molecule has 0 atom stereocenters. The lowest BCUT2D eigenvalue weighted by Crippen LogP contribution is -1.95. The monoisotopic (exact) mass is 210 g/mol. The number of para-hydroxylation sites is 1. The van der Waals surface area contributed by atoms with E-state index in [-0.39, 0.29) is 0 Å². The van der Waals surface area contributed by atoms with Crippen LogP contribution in [0.2, 0.25) is 0 Å². The van der Waals surface area contributed by atoms with E-state index in [1.165, 1.54) is 27.5 Å². The Labute approximate surface area is 94.3 Å². The number of anilines is 1. The first kappa shape index (κ1) is 9.28. The summed E-state index contributed by atoms with van der Waals surface area (Å²) >= 11 is 0. The van der Waals surface area contributed by atoms with Gasteiger partial charge >= 0.3 is 0 Å². The molecule has 0 saturated heterocycles. The normalized spacial score (nSPS) is 11.1. The smallest absolute Gasteiger partial charge is 0.0485 e. The number of nitrogens with one attached hydrogen (secondary N) is 2. The molecule has 2 heteroatoms. The Kier molecular flexibility index (Phi) is 2.07. The number of aromatic nitrogens is 1. The molecule has 2 aromatic carbocycles. The third-order valence-electron chi connectivity index (χ3n) is 2.89. The lowest BCUT2D eigenvalue weighted by atomic mass is 10.1. The van der Waals surface area contributed by atoms with Gasteiger partial charge in [0.2, 0.25) is 0 Å². The van der Waals surface area contributed by atoms with Crippen molar-refractivity contribution >= 4 is 27.5 Å². The van der Waals surface area contributed by atoms with Crippen LogP contribution in [0.25, 0.3) is 21.8 Å². The average molecular weight is 210 g/mol.